The minimum Gasteiger partial charge on any atom is -0.497 e. The highest BCUT2D eigenvalue weighted by molar-refractivity contribution is 5.95. The maximum Gasteiger partial charge on any atom is 0.118 e. The van der Waals surface area contributed by atoms with Crippen molar-refractivity contribution in [2.24, 2.45) is 0 Å². The van der Waals surface area contributed by atoms with Crippen LogP contribution in [-0.4, -0.2) is 16.7 Å². The van der Waals surface area contributed by atoms with Crippen molar-refractivity contribution in [3.05, 3.63) is 83.7 Å². The largest absolute Gasteiger partial charge is 0.497 e. The summed E-state index contributed by atoms with van der Waals surface area (Å²) >= 11 is 0. The molecule has 0 unspecified atom stereocenters. The predicted octanol–water partition coefficient (Wildman–Crippen LogP) is 5.80. The second-order valence-electron chi connectivity index (χ2n) is 6.57. The van der Waals surface area contributed by atoms with Gasteiger partial charge in [-0.15, -0.1) is 12.4 Å². The molecule has 4 heteroatoms. The number of fused-ring (bicyclic) bond motifs is 1. The first-order valence-electron chi connectivity index (χ1n) is 8.82. The van der Waals surface area contributed by atoms with Crippen molar-refractivity contribution in [2.45, 2.75) is 20.4 Å². The van der Waals surface area contributed by atoms with Crippen LogP contribution < -0.4 is 4.74 Å². The Morgan fingerprint density at radius 3 is 2.30 bits per heavy atom. The molecule has 0 aliphatic carbocycles. The van der Waals surface area contributed by atoms with E-state index in [0.29, 0.717) is 0 Å². The number of hydrogen-bond acceptors (Lipinski definition) is 2. The summed E-state index contributed by atoms with van der Waals surface area (Å²) in [7, 11) is 1.69. The van der Waals surface area contributed by atoms with Gasteiger partial charge in [-0.3, -0.25) is 4.98 Å². The minimum absolute atomic E-state index is 0. The van der Waals surface area contributed by atoms with Gasteiger partial charge in [-0.25, -0.2) is 0 Å². The monoisotopic (exact) mass is 378 g/mol. The van der Waals surface area contributed by atoms with Gasteiger partial charge in [0.25, 0.3) is 0 Å². The fraction of sp³-hybridized carbons (Fsp3) is 0.174. The van der Waals surface area contributed by atoms with Gasteiger partial charge in [0.05, 0.1) is 18.3 Å². The number of hydrogen-bond donors (Lipinski definition) is 0. The average molecular weight is 379 g/mol. The third-order valence-corrected chi connectivity index (χ3v) is 5.09. The molecule has 0 aliphatic heterocycles. The standard InChI is InChI=1S/C23H22N2O.ClH/c1-16-17(2)25(15-18-9-11-20(26-3)12-10-18)23-21(16)13-14-24-22(23)19-7-5-4-6-8-19;/h4-14H,15H2,1-3H3;1H. The fourth-order valence-corrected chi connectivity index (χ4v) is 3.51. The van der Waals surface area contributed by atoms with Gasteiger partial charge < -0.3 is 9.30 Å². The molecule has 3 nitrogen and oxygen atoms in total. The zero-order valence-electron chi connectivity index (χ0n) is 15.8. The fourth-order valence-electron chi connectivity index (χ4n) is 3.51. The lowest BCUT2D eigenvalue weighted by molar-refractivity contribution is 0.414. The van der Waals surface area contributed by atoms with E-state index >= 15 is 0 Å². The van der Waals surface area contributed by atoms with Crippen LogP contribution >= 0.6 is 12.4 Å². The lowest BCUT2D eigenvalue weighted by atomic mass is 10.1. The van der Waals surface area contributed by atoms with E-state index < -0.39 is 0 Å². The molecule has 4 aromatic rings. The maximum atomic E-state index is 5.28. The number of rotatable bonds is 4. The molecule has 0 amide bonds. The molecule has 0 spiro atoms. The van der Waals surface area contributed by atoms with Crippen LogP contribution in [-0.2, 0) is 6.54 Å². The lowest BCUT2D eigenvalue weighted by Crippen LogP contribution is -2.03. The quantitative estimate of drug-likeness (QED) is 0.448. The van der Waals surface area contributed by atoms with E-state index in [0.717, 1.165) is 23.6 Å². The third-order valence-electron chi connectivity index (χ3n) is 5.09. The van der Waals surface area contributed by atoms with E-state index in [1.165, 1.54) is 27.7 Å². The molecule has 2 aromatic heterocycles. The highest BCUT2D eigenvalue weighted by Gasteiger charge is 2.16. The predicted molar refractivity (Wildman–Crippen MR) is 114 cm³/mol. The Hall–Kier alpha value is -2.78. The Morgan fingerprint density at radius 2 is 1.63 bits per heavy atom. The van der Waals surface area contributed by atoms with Crippen LogP contribution in [0.3, 0.4) is 0 Å². The van der Waals surface area contributed by atoms with Gasteiger partial charge in [-0.05, 0) is 43.2 Å². The number of nitrogens with zero attached hydrogens (tertiary/aromatic N) is 2. The van der Waals surface area contributed by atoms with Gasteiger partial charge in [0, 0.05) is 29.4 Å². The third kappa shape index (κ3) is 3.43. The molecule has 2 aromatic carbocycles. The van der Waals surface area contributed by atoms with E-state index in [2.05, 4.69) is 60.9 Å². The van der Waals surface area contributed by atoms with E-state index in [-0.39, 0.29) is 12.4 Å². The molecule has 4 rings (SSSR count). The first-order chi connectivity index (χ1) is 12.7. The van der Waals surface area contributed by atoms with Gasteiger partial charge in [0.1, 0.15) is 5.75 Å². The first kappa shape index (κ1) is 19.0. The summed E-state index contributed by atoms with van der Waals surface area (Å²) in [5.41, 5.74) is 7.21. The molecule has 0 bridgehead atoms. The van der Waals surface area contributed by atoms with E-state index in [1.807, 2.05) is 24.4 Å². The first-order valence-corrected chi connectivity index (χ1v) is 8.82. The summed E-state index contributed by atoms with van der Waals surface area (Å²) in [6.07, 6.45) is 1.91. The summed E-state index contributed by atoms with van der Waals surface area (Å²) in [6, 6.07) is 20.8. The Kier molecular flexibility index (Phi) is 5.52. The molecule has 0 saturated carbocycles. The highest BCUT2D eigenvalue weighted by atomic mass is 35.5. The van der Waals surface area contributed by atoms with Crippen LogP contribution in [0, 0.1) is 13.8 Å². The average Bonchev–Trinajstić information content (AvgIpc) is 2.94. The molecule has 0 N–H and O–H groups in total. The minimum atomic E-state index is 0. The molecule has 138 valence electrons. The van der Waals surface area contributed by atoms with Gasteiger partial charge in [-0.1, -0.05) is 42.5 Å². The van der Waals surface area contributed by atoms with E-state index in [9.17, 15) is 0 Å². The van der Waals surface area contributed by atoms with Crippen LogP contribution in [0.4, 0.5) is 0 Å². The van der Waals surface area contributed by atoms with Gasteiger partial charge in [0.15, 0.2) is 0 Å². The van der Waals surface area contributed by atoms with Crippen LogP contribution in [0.5, 0.6) is 5.75 Å². The summed E-state index contributed by atoms with van der Waals surface area (Å²) < 4.78 is 7.65. The molecule has 0 atom stereocenters. The number of aromatic nitrogens is 2. The van der Waals surface area contributed by atoms with Crippen molar-refractivity contribution >= 4 is 23.3 Å². The zero-order chi connectivity index (χ0) is 18.1. The normalized spacial score (nSPS) is 10.6. The Labute approximate surface area is 166 Å². The van der Waals surface area contributed by atoms with Gasteiger partial charge >= 0.3 is 0 Å². The maximum absolute atomic E-state index is 5.28. The molecule has 0 fully saturated rings. The van der Waals surface area contributed by atoms with Gasteiger partial charge in [-0.2, -0.15) is 0 Å². The Balaban J connectivity index is 0.00000210. The van der Waals surface area contributed by atoms with Gasteiger partial charge in [0.2, 0.25) is 0 Å². The van der Waals surface area contributed by atoms with E-state index in [4.69, 9.17) is 9.72 Å². The SMILES string of the molecule is COc1ccc(Cn2c(C)c(C)c3ccnc(-c4ccccc4)c32)cc1.Cl. The smallest absolute Gasteiger partial charge is 0.118 e. The van der Waals surface area contributed by atoms with Crippen molar-refractivity contribution in [3.8, 4) is 17.0 Å². The number of halogens is 1. The summed E-state index contributed by atoms with van der Waals surface area (Å²) in [5, 5.41) is 1.27. The lowest BCUT2D eigenvalue weighted by Gasteiger charge is -2.12. The van der Waals surface area contributed by atoms with Crippen LogP contribution in [0.15, 0.2) is 66.9 Å². The molecular weight excluding hydrogens is 356 g/mol. The van der Waals surface area contributed by atoms with Crippen LogP contribution in [0.1, 0.15) is 16.8 Å². The van der Waals surface area contributed by atoms with Crippen LogP contribution in [0.2, 0.25) is 0 Å². The number of benzene rings is 2. The van der Waals surface area contributed by atoms with Crippen molar-refractivity contribution in [3.63, 3.8) is 0 Å². The number of aryl methyl sites for hydroxylation is 1. The molecule has 0 radical (unpaired) electrons. The van der Waals surface area contributed by atoms with Crippen molar-refractivity contribution in [2.75, 3.05) is 7.11 Å². The molecule has 27 heavy (non-hydrogen) atoms. The molecule has 0 aliphatic rings. The molecule has 2 heterocycles. The highest BCUT2D eigenvalue weighted by Crippen LogP contribution is 2.32. The van der Waals surface area contributed by atoms with Crippen molar-refractivity contribution in [1.29, 1.82) is 0 Å². The molecule has 0 saturated heterocycles. The Bertz CT molecular complexity index is 1050. The number of ether oxygens (including phenoxy) is 1. The summed E-state index contributed by atoms with van der Waals surface area (Å²) in [6.45, 7) is 5.19. The van der Waals surface area contributed by atoms with Crippen molar-refractivity contribution < 1.29 is 4.74 Å². The Morgan fingerprint density at radius 1 is 0.926 bits per heavy atom. The second-order valence-corrected chi connectivity index (χ2v) is 6.57. The molecular formula is C23H23ClN2O. The topological polar surface area (TPSA) is 27.1 Å². The number of pyridine rings is 1. The van der Waals surface area contributed by atoms with Crippen molar-refractivity contribution in [1.82, 2.24) is 9.55 Å². The number of methoxy groups -OCH3 is 1. The second kappa shape index (κ2) is 7.85. The van der Waals surface area contributed by atoms with Crippen LogP contribution in [0.25, 0.3) is 22.2 Å². The summed E-state index contributed by atoms with van der Waals surface area (Å²) in [5.74, 6) is 0.880. The summed E-state index contributed by atoms with van der Waals surface area (Å²) in [4.78, 5) is 4.72. The zero-order valence-corrected chi connectivity index (χ0v) is 16.6. The van der Waals surface area contributed by atoms with E-state index in [1.54, 1.807) is 7.11 Å².